The van der Waals surface area contributed by atoms with E-state index in [1.54, 1.807) is 0 Å². The minimum Gasteiger partial charge on any atom is -0.311 e. The van der Waals surface area contributed by atoms with E-state index in [1.807, 2.05) is 0 Å². The second-order valence-corrected chi connectivity index (χ2v) is 16.6. The lowest BCUT2D eigenvalue weighted by Crippen LogP contribution is -2.61. The van der Waals surface area contributed by atoms with Gasteiger partial charge in [0, 0.05) is 34.1 Å². The van der Waals surface area contributed by atoms with Crippen LogP contribution in [0.1, 0.15) is 44.5 Å². The molecule has 9 aromatic rings. The van der Waals surface area contributed by atoms with Gasteiger partial charge in [0.25, 0.3) is 6.71 Å². The van der Waals surface area contributed by atoms with E-state index in [0.717, 1.165) is 25.7 Å². The highest BCUT2D eigenvalue weighted by Crippen LogP contribution is 2.44. The molecule has 0 aliphatic carbocycles. The van der Waals surface area contributed by atoms with Crippen molar-refractivity contribution in [3.8, 4) is 0 Å². The van der Waals surface area contributed by atoms with Gasteiger partial charge in [-0.05, 0) is 135 Å². The summed E-state index contributed by atoms with van der Waals surface area (Å²) in [5, 5.41) is 0. The van der Waals surface area contributed by atoms with E-state index in [9.17, 15) is 0 Å². The third-order valence-corrected chi connectivity index (χ3v) is 12.5. The van der Waals surface area contributed by atoms with Gasteiger partial charge in [-0.2, -0.15) is 0 Å². The predicted octanol–water partition coefficient (Wildman–Crippen LogP) is 12.1. The van der Waals surface area contributed by atoms with Gasteiger partial charge < -0.3 is 9.80 Å². The fourth-order valence-corrected chi connectivity index (χ4v) is 9.76. The van der Waals surface area contributed by atoms with Crippen LogP contribution < -0.4 is 26.2 Å². The molecule has 61 heavy (non-hydrogen) atoms. The molecule has 2 aliphatic rings. The summed E-state index contributed by atoms with van der Waals surface area (Å²) in [6, 6.07) is 83.2. The van der Waals surface area contributed by atoms with Crippen molar-refractivity contribution < 1.29 is 0 Å². The minimum absolute atomic E-state index is 0.0372. The van der Waals surface area contributed by atoms with Gasteiger partial charge in [0.1, 0.15) is 0 Å². The van der Waals surface area contributed by atoms with Crippen molar-refractivity contribution in [3.63, 3.8) is 0 Å². The lowest BCUT2D eigenvalue weighted by Gasteiger charge is -2.44. The summed E-state index contributed by atoms with van der Waals surface area (Å²) in [4.78, 5) is 5.07. The first-order valence-corrected chi connectivity index (χ1v) is 21.5. The summed E-state index contributed by atoms with van der Waals surface area (Å²) in [5.74, 6) is 0. The fourth-order valence-electron chi connectivity index (χ4n) is 9.76. The van der Waals surface area contributed by atoms with Crippen LogP contribution in [0, 0.1) is 0 Å². The van der Waals surface area contributed by atoms with Crippen molar-refractivity contribution in [1.29, 1.82) is 0 Å². The highest BCUT2D eigenvalue weighted by molar-refractivity contribution is 7.00. The summed E-state index contributed by atoms with van der Waals surface area (Å²) in [5.41, 5.74) is 21.8. The summed E-state index contributed by atoms with van der Waals surface area (Å²) in [6.45, 7) is 0.0372. The molecular weight excluding hydrogens is 735 g/mol. The summed E-state index contributed by atoms with van der Waals surface area (Å²) in [6.07, 6.45) is 3.52. The highest BCUT2D eigenvalue weighted by Gasteiger charge is 2.43. The first-order chi connectivity index (χ1) is 30.2. The van der Waals surface area contributed by atoms with Crippen molar-refractivity contribution in [2.45, 2.75) is 25.7 Å². The molecule has 0 bridgehead atoms. The summed E-state index contributed by atoms with van der Waals surface area (Å²) >= 11 is 0. The molecule has 0 saturated carbocycles. The Hall–Kier alpha value is -7.36. The Morgan fingerprint density at radius 3 is 0.967 bits per heavy atom. The Kier molecular flexibility index (Phi) is 9.63. The van der Waals surface area contributed by atoms with Gasteiger partial charge >= 0.3 is 0 Å². The molecule has 0 spiro atoms. The average Bonchev–Trinajstić information content (AvgIpc) is 3.30. The van der Waals surface area contributed by atoms with Crippen molar-refractivity contribution in [3.05, 3.63) is 269 Å². The Bertz CT molecular complexity index is 2780. The molecule has 0 saturated heterocycles. The first-order valence-electron chi connectivity index (χ1n) is 21.5. The van der Waals surface area contributed by atoms with Crippen molar-refractivity contribution in [2.24, 2.45) is 0 Å². The SMILES string of the molecule is c1ccc(Cc2cccc(N3c4ccc(Cc5ccccc5)cc4B4c5cc(Cc6ccccc6)ccc5N(c5cccc(Cc6ccccc6)c5)c5cccc3c54)c2)cc1. The monoisotopic (exact) mass is 780 g/mol. The third-order valence-electron chi connectivity index (χ3n) is 12.5. The normalized spacial score (nSPS) is 12.4. The number of anilines is 6. The number of hydrogen-bond donors (Lipinski definition) is 0. The highest BCUT2D eigenvalue weighted by atomic mass is 15.2. The number of rotatable bonds is 10. The summed E-state index contributed by atoms with van der Waals surface area (Å²) in [7, 11) is 0. The van der Waals surface area contributed by atoms with Gasteiger partial charge in [-0.25, -0.2) is 0 Å². The number of fused-ring (bicyclic) bond motifs is 4. The van der Waals surface area contributed by atoms with Crippen LogP contribution in [0.3, 0.4) is 0 Å². The van der Waals surface area contributed by atoms with E-state index in [0.29, 0.717) is 0 Å². The second-order valence-electron chi connectivity index (χ2n) is 16.6. The van der Waals surface area contributed by atoms with Gasteiger partial charge in [0.05, 0.1) is 0 Å². The van der Waals surface area contributed by atoms with Crippen LogP contribution >= 0.6 is 0 Å². The predicted molar refractivity (Wildman–Crippen MR) is 257 cm³/mol. The second kappa shape index (κ2) is 16.0. The zero-order chi connectivity index (χ0) is 40.5. The molecule has 11 rings (SSSR count). The van der Waals surface area contributed by atoms with Gasteiger partial charge in [-0.1, -0.05) is 176 Å². The molecule has 2 nitrogen and oxygen atoms in total. The Morgan fingerprint density at radius 1 is 0.262 bits per heavy atom. The smallest absolute Gasteiger partial charge is 0.252 e. The Morgan fingerprint density at radius 2 is 0.590 bits per heavy atom. The lowest BCUT2D eigenvalue weighted by atomic mass is 9.33. The topological polar surface area (TPSA) is 6.48 Å². The molecule has 9 aromatic carbocycles. The van der Waals surface area contributed by atoms with Crippen molar-refractivity contribution in [1.82, 2.24) is 0 Å². The quantitative estimate of drug-likeness (QED) is 0.128. The van der Waals surface area contributed by atoms with Crippen LogP contribution in [0.25, 0.3) is 0 Å². The minimum atomic E-state index is 0.0372. The average molecular weight is 781 g/mol. The maximum Gasteiger partial charge on any atom is 0.252 e. The molecule has 0 unspecified atom stereocenters. The molecule has 0 fully saturated rings. The lowest BCUT2D eigenvalue weighted by molar-refractivity contribution is 1.16. The van der Waals surface area contributed by atoms with Crippen LogP contribution in [0.5, 0.6) is 0 Å². The van der Waals surface area contributed by atoms with Gasteiger partial charge in [0.2, 0.25) is 0 Å². The van der Waals surface area contributed by atoms with Gasteiger partial charge in [-0.3, -0.25) is 0 Å². The van der Waals surface area contributed by atoms with Gasteiger partial charge in [0.15, 0.2) is 0 Å². The molecule has 2 heterocycles. The Labute approximate surface area is 360 Å². The molecule has 0 radical (unpaired) electrons. The fraction of sp³-hybridized carbons (Fsp3) is 0.0690. The third kappa shape index (κ3) is 7.23. The standard InChI is InChI=1S/C58H45BN2/c1-5-16-42(17-6-1)34-46-24-13-26-50(38-46)60-54-32-30-48(36-44-20-9-3-10-21-44)40-52(54)59-53-41-49(37-45-22-11-4-12-23-45)31-33-55(53)61(57-29-15-28-56(60)58(57)59)51-27-14-25-47(39-51)35-43-18-7-2-8-19-43/h1-33,38-41H,34-37H2. The summed E-state index contributed by atoms with van der Waals surface area (Å²) < 4.78 is 0. The van der Waals surface area contributed by atoms with E-state index in [1.165, 1.54) is 95.0 Å². The molecule has 290 valence electrons. The molecule has 0 atom stereocenters. The maximum atomic E-state index is 2.54. The van der Waals surface area contributed by atoms with Crippen LogP contribution in [-0.2, 0) is 25.7 Å². The van der Waals surface area contributed by atoms with Crippen LogP contribution in [0.2, 0.25) is 0 Å². The van der Waals surface area contributed by atoms with E-state index < -0.39 is 0 Å². The molecule has 0 aromatic heterocycles. The largest absolute Gasteiger partial charge is 0.311 e. The molecular formula is C58H45BN2. The zero-order valence-corrected chi connectivity index (χ0v) is 34.2. The van der Waals surface area contributed by atoms with Crippen LogP contribution in [0.15, 0.2) is 224 Å². The van der Waals surface area contributed by atoms with E-state index >= 15 is 0 Å². The number of nitrogens with zero attached hydrogens (tertiary/aromatic N) is 2. The van der Waals surface area contributed by atoms with E-state index in [-0.39, 0.29) is 6.71 Å². The molecule has 0 amide bonds. The van der Waals surface area contributed by atoms with Crippen molar-refractivity contribution in [2.75, 3.05) is 9.80 Å². The van der Waals surface area contributed by atoms with Crippen molar-refractivity contribution >= 4 is 57.2 Å². The number of benzene rings is 9. The first kappa shape index (κ1) is 36.7. The molecule has 0 N–H and O–H groups in total. The van der Waals surface area contributed by atoms with E-state index in [2.05, 4.69) is 234 Å². The van der Waals surface area contributed by atoms with Crippen LogP contribution in [0.4, 0.5) is 34.1 Å². The Balaban J connectivity index is 1.12. The zero-order valence-electron chi connectivity index (χ0n) is 34.2. The molecule has 3 heteroatoms. The van der Waals surface area contributed by atoms with Gasteiger partial charge in [-0.15, -0.1) is 0 Å². The molecule has 2 aliphatic heterocycles. The van der Waals surface area contributed by atoms with E-state index in [4.69, 9.17) is 0 Å². The number of hydrogen-bond acceptors (Lipinski definition) is 2. The van der Waals surface area contributed by atoms with Crippen LogP contribution in [-0.4, -0.2) is 6.71 Å². The maximum absolute atomic E-state index is 2.54.